The lowest BCUT2D eigenvalue weighted by Crippen LogP contribution is -2.26. The number of benzene rings is 2. The molecule has 1 amide bonds. The van der Waals surface area contributed by atoms with E-state index in [0.717, 1.165) is 24.2 Å². The number of amides is 1. The van der Waals surface area contributed by atoms with Crippen LogP contribution in [-0.4, -0.2) is 46.6 Å². The van der Waals surface area contributed by atoms with Crippen LogP contribution in [0.15, 0.2) is 64.6 Å². The van der Waals surface area contributed by atoms with E-state index in [4.69, 9.17) is 0 Å². The van der Waals surface area contributed by atoms with Crippen molar-refractivity contribution in [2.75, 3.05) is 18.1 Å². The van der Waals surface area contributed by atoms with Gasteiger partial charge in [0.1, 0.15) is 5.82 Å². The minimum atomic E-state index is -3.63. The Morgan fingerprint density at radius 1 is 1.16 bits per heavy atom. The number of rotatable bonds is 9. The van der Waals surface area contributed by atoms with Crippen molar-refractivity contribution in [2.45, 2.75) is 35.4 Å². The van der Waals surface area contributed by atoms with Crippen molar-refractivity contribution in [3.05, 3.63) is 66.0 Å². The van der Waals surface area contributed by atoms with Crippen molar-refractivity contribution < 1.29 is 13.2 Å². The minimum absolute atomic E-state index is 0.168. The average Bonchev–Trinajstić information content (AvgIpc) is 3.51. The minimum Gasteiger partial charge on any atom is -0.325 e. The lowest BCUT2D eigenvalue weighted by molar-refractivity contribution is -0.113. The smallest absolute Gasteiger partial charge is 0.243 e. The number of sulfonamides is 1. The summed E-state index contributed by atoms with van der Waals surface area (Å²) in [6.45, 7) is 0.280. The van der Waals surface area contributed by atoms with Gasteiger partial charge in [0.25, 0.3) is 0 Å². The number of H-pyrrole nitrogens is 1. The van der Waals surface area contributed by atoms with Gasteiger partial charge in [-0.25, -0.2) is 13.4 Å². The summed E-state index contributed by atoms with van der Waals surface area (Å²) >= 11 is 1.26. The Balaban J connectivity index is 1.31. The fraction of sp³-hybridized carbons (Fsp3) is 0.286. The molecule has 162 valence electrons. The maximum absolute atomic E-state index is 12.8. The first-order valence-electron chi connectivity index (χ1n) is 9.87. The molecule has 1 aliphatic carbocycles. The highest BCUT2D eigenvalue weighted by Crippen LogP contribution is 2.38. The molecule has 1 aliphatic rings. The van der Waals surface area contributed by atoms with E-state index in [-0.39, 0.29) is 23.1 Å². The van der Waals surface area contributed by atoms with Crippen molar-refractivity contribution in [3.63, 3.8) is 0 Å². The molecule has 1 aromatic heterocycles. The van der Waals surface area contributed by atoms with Crippen molar-refractivity contribution >= 4 is 33.4 Å². The van der Waals surface area contributed by atoms with Gasteiger partial charge in [-0.1, -0.05) is 42.1 Å². The second kappa shape index (κ2) is 9.21. The molecule has 31 heavy (non-hydrogen) atoms. The summed E-state index contributed by atoms with van der Waals surface area (Å²) in [6.07, 6.45) is 2.26. The monoisotopic (exact) mass is 457 g/mol. The Hall–Kier alpha value is -2.69. The molecule has 2 aromatic carbocycles. The average molecular weight is 458 g/mol. The van der Waals surface area contributed by atoms with E-state index < -0.39 is 10.0 Å². The van der Waals surface area contributed by atoms with Crippen LogP contribution in [0.3, 0.4) is 0 Å². The third-order valence-electron chi connectivity index (χ3n) is 4.87. The van der Waals surface area contributed by atoms with Crippen LogP contribution in [0, 0.1) is 0 Å². The van der Waals surface area contributed by atoms with Crippen molar-refractivity contribution in [1.29, 1.82) is 0 Å². The van der Waals surface area contributed by atoms with Crippen LogP contribution in [0.2, 0.25) is 0 Å². The molecule has 8 nitrogen and oxygen atoms in total. The van der Waals surface area contributed by atoms with E-state index in [0.29, 0.717) is 16.8 Å². The van der Waals surface area contributed by atoms with E-state index >= 15 is 0 Å². The molecular formula is C21H23N5O3S2. The Morgan fingerprint density at radius 2 is 1.87 bits per heavy atom. The standard InChI is InChI=1S/C21H23N5O3S2/c1-26(13-15-5-3-2-4-6-15)31(28,29)18-11-9-17(10-12-18)22-19(27)14-30-21-23-20(24-25-21)16-7-8-16/h2-6,9-12,16H,7-8,13-14H2,1H3,(H,22,27)(H,23,24,25). The van der Waals surface area contributed by atoms with Gasteiger partial charge in [-0.05, 0) is 42.7 Å². The van der Waals surface area contributed by atoms with Crippen LogP contribution < -0.4 is 5.32 Å². The summed E-state index contributed by atoms with van der Waals surface area (Å²) in [7, 11) is -2.08. The van der Waals surface area contributed by atoms with Gasteiger partial charge < -0.3 is 5.32 Å². The number of hydrogen-bond donors (Lipinski definition) is 2. The molecule has 0 radical (unpaired) electrons. The molecule has 0 spiro atoms. The van der Waals surface area contributed by atoms with Gasteiger partial charge in [-0.2, -0.15) is 4.31 Å². The zero-order chi connectivity index (χ0) is 21.8. The van der Waals surface area contributed by atoms with Gasteiger partial charge in [0.15, 0.2) is 0 Å². The number of anilines is 1. The number of nitrogens with one attached hydrogen (secondary N) is 2. The summed E-state index contributed by atoms with van der Waals surface area (Å²) in [5, 5.41) is 10.4. The molecule has 1 fully saturated rings. The molecular weight excluding hydrogens is 434 g/mol. The summed E-state index contributed by atoms with van der Waals surface area (Å²) in [6, 6.07) is 15.6. The number of thioether (sulfide) groups is 1. The highest BCUT2D eigenvalue weighted by Gasteiger charge is 2.27. The number of hydrogen-bond acceptors (Lipinski definition) is 6. The van der Waals surface area contributed by atoms with Crippen LogP contribution in [0.1, 0.15) is 30.1 Å². The summed E-state index contributed by atoms with van der Waals surface area (Å²) in [4.78, 5) is 16.8. The zero-order valence-electron chi connectivity index (χ0n) is 17.0. The van der Waals surface area contributed by atoms with Crippen LogP contribution in [0.5, 0.6) is 0 Å². The van der Waals surface area contributed by atoms with E-state index in [9.17, 15) is 13.2 Å². The first-order chi connectivity index (χ1) is 14.9. The van der Waals surface area contributed by atoms with E-state index in [1.807, 2.05) is 30.3 Å². The highest BCUT2D eigenvalue weighted by molar-refractivity contribution is 7.99. The topological polar surface area (TPSA) is 108 Å². The van der Waals surface area contributed by atoms with Crippen LogP contribution in [0.4, 0.5) is 5.69 Å². The summed E-state index contributed by atoms with van der Waals surface area (Å²) in [5.74, 6) is 1.33. The van der Waals surface area contributed by atoms with Gasteiger partial charge in [0.2, 0.25) is 21.1 Å². The molecule has 0 aliphatic heterocycles. The first-order valence-corrected chi connectivity index (χ1v) is 12.3. The number of nitrogens with zero attached hydrogens (tertiary/aromatic N) is 3. The largest absolute Gasteiger partial charge is 0.325 e. The van der Waals surface area contributed by atoms with E-state index in [1.54, 1.807) is 19.2 Å². The van der Waals surface area contributed by atoms with E-state index in [2.05, 4.69) is 20.5 Å². The normalized spacial score (nSPS) is 14.0. The molecule has 2 N–H and O–H groups in total. The molecule has 0 saturated heterocycles. The number of carbonyl (C=O) groups excluding carboxylic acids is 1. The lowest BCUT2D eigenvalue weighted by atomic mass is 10.2. The number of carbonyl (C=O) groups is 1. The Bertz CT molecular complexity index is 1140. The Morgan fingerprint density at radius 3 is 2.55 bits per heavy atom. The van der Waals surface area contributed by atoms with E-state index in [1.165, 1.54) is 28.2 Å². The van der Waals surface area contributed by atoms with Crippen LogP contribution >= 0.6 is 11.8 Å². The van der Waals surface area contributed by atoms with Crippen molar-refractivity contribution in [2.24, 2.45) is 0 Å². The molecule has 0 bridgehead atoms. The van der Waals surface area contributed by atoms with Gasteiger partial charge >= 0.3 is 0 Å². The summed E-state index contributed by atoms with van der Waals surface area (Å²) in [5.41, 5.74) is 1.44. The van der Waals surface area contributed by atoms with Gasteiger partial charge in [0.05, 0.1) is 10.6 Å². The zero-order valence-corrected chi connectivity index (χ0v) is 18.6. The second-order valence-electron chi connectivity index (χ2n) is 7.39. The quantitative estimate of drug-likeness (QED) is 0.478. The van der Waals surface area contributed by atoms with Gasteiger partial charge in [-0.15, -0.1) is 5.10 Å². The Labute approximate surface area is 185 Å². The Kier molecular flexibility index (Phi) is 6.40. The maximum atomic E-state index is 12.8. The molecule has 10 heteroatoms. The van der Waals surface area contributed by atoms with Crippen molar-refractivity contribution in [1.82, 2.24) is 19.5 Å². The van der Waals surface area contributed by atoms with Gasteiger partial charge in [-0.3, -0.25) is 9.89 Å². The maximum Gasteiger partial charge on any atom is 0.243 e. The molecule has 0 unspecified atom stereocenters. The van der Waals surface area contributed by atoms with Gasteiger partial charge in [0, 0.05) is 25.2 Å². The molecule has 1 heterocycles. The molecule has 4 rings (SSSR count). The SMILES string of the molecule is CN(Cc1ccccc1)S(=O)(=O)c1ccc(NC(=O)CSc2n[nH]c(C3CC3)n2)cc1. The third-order valence-corrected chi connectivity index (χ3v) is 7.54. The highest BCUT2D eigenvalue weighted by atomic mass is 32.2. The fourth-order valence-electron chi connectivity index (χ4n) is 3.00. The van der Waals surface area contributed by atoms with Crippen molar-refractivity contribution in [3.8, 4) is 0 Å². The first kappa shape index (κ1) is 21.5. The second-order valence-corrected chi connectivity index (χ2v) is 10.4. The van der Waals surface area contributed by atoms with Crippen LogP contribution in [0.25, 0.3) is 0 Å². The predicted octanol–water partition coefficient (Wildman–Crippen LogP) is 3.23. The lowest BCUT2D eigenvalue weighted by Gasteiger charge is -2.17. The molecule has 0 atom stereocenters. The number of aromatic nitrogens is 3. The summed E-state index contributed by atoms with van der Waals surface area (Å²) < 4.78 is 26.9. The number of aromatic amines is 1. The predicted molar refractivity (Wildman–Crippen MR) is 119 cm³/mol. The molecule has 3 aromatic rings. The fourth-order valence-corrected chi connectivity index (χ4v) is 4.77. The molecule has 1 saturated carbocycles. The third kappa shape index (κ3) is 5.52. The van der Waals surface area contributed by atoms with Crippen LogP contribution in [-0.2, 0) is 21.4 Å².